The van der Waals surface area contributed by atoms with E-state index in [1.54, 1.807) is 10.9 Å². The van der Waals surface area contributed by atoms with Gasteiger partial charge >= 0.3 is 5.97 Å². The number of nitrogen functional groups attached to an aromatic ring is 1. The minimum atomic E-state index is -3.82. The molecule has 1 unspecified atom stereocenters. The molecule has 1 fully saturated rings. The number of carbonyl (C=O) groups excluding carboxylic acids is 1. The molecule has 0 spiro atoms. The van der Waals surface area contributed by atoms with Gasteiger partial charge in [0.15, 0.2) is 11.5 Å². The summed E-state index contributed by atoms with van der Waals surface area (Å²) in [7, 11) is -2.41. The number of aryl methyl sites for hydroxylation is 1. The molecule has 12 heteroatoms. The maximum Gasteiger partial charge on any atom is 0.338 e. The fourth-order valence-corrected chi connectivity index (χ4v) is 5.99. The third-order valence-electron chi connectivity index (χ3n) is 5.93. The second-order valence-corrected chi connectivity index (χ2v) is 10.0. The highest BCUT2D eigenvalue weighted by Crippen LogP contribution is 2.32. The number of nitrogens with two attached hydrogens (primary N) is 1. The Morgan fingerprint density at radius 3 is 2.82 bits per heavy atom. The van der Waals surface area contributed by atoms with Crippen LogP contribution in [-0.4, -0.2) is 64.5 Å². The number of anilines is 1. The molecule has 34 heavy (non-hydrogen) atoms. The molecule has 1 aliphatic heterocycles. The largest absolute Gasteiger partial charge is 0.495 e. The van der Waals surface area contributed by atoms with Crippen molar-refractivity contribution in [3.63, 3.8) is 0 Å². The molecule has 0 amide bonds. The number of piperidine rings is 1. The van der Waals surface area contributed by atoms with Crippen LogP contribution in [0.2, 0.25) is 0 Å². The predicted octanol–water partition coefficient (Wildman–Crippen LogP) is 2.23. The summed E-state index contributed by atoms with van der Waals surface area (Å²) < 4.78 is 40.6. The first-order valence-electron chi connectivity index (χ1n) is 11.1. The van der Waals surface area contributed by atoms with Crippen LogP contribution < -0.4 is 10.5 Å². The Morgan fingerprint density at radius 2 is 2.06 bits per heavy atom. The maximum atomic E-state index is 13.3. The van der Waals surface area contributed by atoms with Gasteiger partial charge in [-0.3, -0.25) is 0 Å². The molecule has 0 aliphatic carbocycles. The van der Waals surface area contributed by atoms with Crippen molar-refractivity contribution in [3.05, 3.63) is 36.4 Å². The van der Waals surface area contributed by atoms with Crippen molar-refractivity contribution in [1.82, 2.24) is 23.8 Å². The van der Waals surface area contributed by atoms with E-state index in [1.807, 2.05) is 6.92 Å². The summed E-state index contributed by atoms with van der Waals surface area (Å²) >= 11 is 0. The van der Waals surface area contributed by atoms with Crippen LogP contribution in [0.3, 0.4) is 0 Å². The lowest BCUT2D eigenvalue weighted by Crippen LogP contribution is -2.42. The number of hydrogen-bond donors (Lipinski definition) is 1. The molecule has 1 aromatic carbocycles. The number of nitrogens with zero attached hydrogens (tertiary/aromatic N) is 5. The lowest BCUT2D eigenvalue weighted by atomic mass is 10.1. The molecule has 2 N–H and O–H groups in total. The van der Waals surface area contributed by atoms with E-state index in [1.165, 1.54) is 35.9 Å². The molecule has 2 aromatic heterocycles. The molecule has 0 saturated carbocycles. The van der Waals surface area contributed by atoms with Gasteiger partial charge in [-0.1, -0.05) is 6.42 Å². The van der Waals surface area contributed by atoms with Gasteiger partial charge in [0.25, 0.3) is 0 Å². The molecule has 11 nitrogen and oxygen atoms in total. The van der Waals surface area contributed by atoms with Crippen molar-refractivity contribution >= 4 is 33.0 Å². The van der Waals surface area contributed by atoms with Crippen molar-refractivity contribution in [3.8, 4) is 5.75 Å². The van der Waals surface area contributed by atoms with Crippen LogP contribution in [-0.2, 0) is 21.3 Å². The lowest BCUT2D eigenvalue weighted by molar-refractivity contribution is 0.0496. The van der Waals surface area contributed by atoms with Crippen molar-refractivity contribution in [1.29, 1.82) is 0 Å². The number of carbonyl (C=O) groups is 1. The first-order valence-corrected chi connectivity index (χ1v) is 12.5. The lowest BCUT2D eigenvalue weighted by Gasteiger charge is -2.32. The number of methoxy groups -OCH3 is 1. The highest BCUT2D eigenvalue weighted by molar-refractivity contribution is 7.89. The highest BCUT2D eigenvalue weighted by Gasteiger charge is 2.33. The number of rotatable bonds is 8. The van der Waals surface area contributed by atoms with E-state index in [9.17, 15) is 13.2 Å². The quantitative estimate of drug-likeness (QED) is 0.373. The van der Waals surface area contributed by atoms with E-state index in [0.717, 1.165) is 19.3 Å². The number of sulfonamides is 1. The Balaban J connectivity index is 1.43. The van der Waals surface area contributed by atoms with E-state index < -0.39 is 16.0 Å². The van der Waals surface area contributed by atoms with E-state index in [-0.39, 0.29) is 28.9 Å². The number of aromatic nitrogens is 4. The number of esters is 1. The van der Waals surface area contributed by atoms with Gasteiger partial charge in [0, 0.05) is 19.1 Å². The standard InChI is InChI=1S/C22H28N6O5S/c1-15-6-3-4-10-28(15)34(30,31)18-12-16(7-8-17(18)32-2)22(29)33-11-5-9-27-14-26-19-20(23)24-13-25-21(19)27/h7-8,12-15H,3-6,9-11H2,1-2H3,(H2,23,24,25). The Labute approximate surface area is 198 Å². The number of ether oxygens (including phenoxy) is 2. The van der Waals surface area contributed by atoms with Gasteiger partial charge in [-0.05, 0) is 44.4 Å². The number of benzene rings is 1. The average molecular weight is 489 g/mol. The van der Waals surface area contributed by atoms with Crippen molar-refractivity contribution in [2.24, 2.45) is 0 Å². The summed E-state index contributed by atoms with van der Waals surface area (Å²) in [6.45, 7) is 2.98. The topological polar surface area (TPSA) is 143 Å². The van der Waals surface area contributed by atoms with Gasteiger partial charge in [0.05, 0.1) is 25.6 Å². The second-order valence-electron chi connectivity index (χ2n) is 8.18. The first-order chi connectivity index (χ1) is 16.3. The van der Waals surface area contributed by atoms with Crippen molar-refractivity contribution < 1.29 is 22.7 Å². The molecule has 1 saturated heterocycles. The Morgan fingerprint density at radius 1 is 1.24 bits per heavy atom. The molecule has 0 radical (unpaired) electrons. The minimum Gasteiger partial charge on any atom is -0.495 e. The van der Waals surface area contributed by atoms with Gasteiger partial charge in [0.2, 0.25) is 10.0 Å². The summed E-state index contributed by atoms with van der Waals surface area (Å²) in [5.41, 5.74) is 7.08. The molecule has 4 rings (SSSR count). The Hall–Kier alpha value is -3.25. The third kappa shape index (κ3) is 4.68. The zero-order valence-corrected chi connectivity index (χ0v) is 20.0. The van der Waals surface area contributed by atoms with Gasteiger partial charge in [-0.15, -0.1) is 0 Å². The molecule has 3 heterocycles. The normalized spacial score (nSPS) is 17.1. The minimum absolute atomic E-state index is 0.0274. The van der Waals surface area contributed by atoms with Crippen molar-refractivity contribution in [2.75, 3.05) is 26.0 Å². The highest BCUT2D eigenvalue weighted by atomic mass is 32.2. The molecular formula is C22H28N6O5S. The first kappa shape index (κ1) is 23.9. The zero-order chi connectivity index (χ0) is 24.3. The van der Waals surface area contributed by atoms with Gasteiger partial charge in [-0.2, -0.15) is 4.31 Å². The van der Waals surface area contributed by atoms with E-state index in [4.69, 9.17) is 15.2 Å². The third-order valence-corrected chi connectivity index (χ3v) is 7.97. The summed E-state index contributed by atoms with van der Waals surface area (Å²) in [4.78, 5) is 24.9. The number of fused-ring (bicyclic) bond motifs is 1. The zero-order valence-electron chi connectivity index (χ0n) is 19.2. The van der Waals surface area contributed by atoms with Crippen molar-refractivity contribution in [2.45, 2.75) is 50.1 Å². The SMILES string of the molecule is COc1ccc(C(=O)OCCCn2cnc3c(N)ncnc32)cc1S(=O)(=O)N1CCCCC1C. The van der Waals surface area contributed by atoms with E-state index in [0.29, 0.717) is 36.5 Å². The summed E-state index contributed by atoms with van der Waals surface area (Å²) in [5, 5.41) is 0. The Bertz CT molecular complexity index is 1290. The van der Waals surface area contributed by atoms with Crippen LogP contribution in [0.25, 0.3) is 11.2 Å². The molecule has 3 aromatic rings. The molecular weight excluding hydrogens is 460 g/mol. The van der Waals surface area contributed by atoms with Crippen LogP contribution in [0.1, 0.15) is 43.0 Å². The van der Waals surface area contributed by atoms with E-state index in [2.05, 4.69) is 15.0 Å². The second kappa shape index (κ2) is 9.94. The predicted molar refractivity (Wildman–Crippen MR) is 125 cm³/mol. The fourth-order valence-electron chi connectivity index (χ4n) is 4.11. The molecule has 182 valence electrons. The Kier molecular flexibility index (Phi) is 6.98. The van der Waals surface area contributed by atoms with Gasteiger partial charge < -0.3 is 19.8 Å². The van der Waals surface area contributed by atoms with Gasteiger partial charge in [0.1, 0.15) is 22.5 Å². The fraction of sp³-hybridized carbons (Fsp3) is 0.455. The summed E-state index contributed by atoms with van der Waals surface area (Å²) in [6.07, 6.45) is 6.09. The molecule has 0 bridgehead atoms. The smallest absolute Gasteiger partial charge is 0.338 e. The maximum absolute atomic E-state index is 13.3. The van der Waals surface area contributed by atoms with Crippen LogP contribution in [0.5, 0.6) is 5.75 Å². The molecule has 1 aliphatic rings. The summed E-state index contributed by atoms with van der Waals surface area (Å²) in [6, 6.07) is 4.21. The monoisotopic (exact) mass is 488 g/mol. The van der Waals surface area contributed by atoms with Crippen LogP contribution in [0, 0.1) is 0 Å². The van der Waals surface area contributed by atoms with E-state index >= 15 is 0 Å². The average Bonchev–Trinajstić information content (AvgIpc) is 3.25. The van der Waals surface area contributed by atoms with Crippen LogP contribution in [0.15, 0.2) is 35.7 Å². The number of hydrogen-bond acceptors (Lipinski definition) is 9. The van der Waals surface area contributed by atoms with Crippen LogP contribution >= 0.6 is 0 Å². The van der Waals surface area contributed by atoms with Gasteiger partial charge in [-0.25, -0.2) is 28.2 Å². The summed E-state index contributed by atoms with van der Waals surface area (Å²) in [5.74, 6) is -0.102. The molecule has 1 atom stereocenters. The van der Waals surface area contributed by atoms with Crippen LogP contribution in [0.4, 0.5) is 5.82 Å². The number of imidazole rings is 1.